The first-order valence-electron chi connectivity index (χ1n) is 6.12. The molecule has 0 aromatic rings. The maximum absolute atomic E-state index is 11.9. The van der Waals surface area contributed by atoms with Gasteiger partial charge in [-0.25, -0.2) is 0 Å². The van der Waals surface area contributed by atoms with E-state index in [0.717, 1.165) is 0 Å². The number of carbonyl (C=O) groups excluding carboxylic acids is 2. The predicted octanol–water partition coefficient (Wildman–Crippen LogP) is 2.70. The quantitative estimate of drug-likeness (QED) is 0.674. The summed E-state index contributed by atoms with van der Waals surface area (Å²) in [5, 5.41) is 0. The van der Waals surface area contributed by atoms with Gasteiger partial charge in [0.2, 0.25) is 0 Å². The molecule has 0 fully saturated rings. The first kappa shape index (κ1) is 15.9. The Morgan fingerprint density at radius 2 is 1.53 bits per heavy atom. The molecule has 0 radical (unpaired) electrons. The Bertz CT molecular complexity index is 271. The van der Waals surface area contributed by atoms with Crippen LogP contribution >= 0.6 is 0 Å². The fourth-order valence-electron chi connectivity index (χ4n) is 1.32. The summed E-state index contributed by atoms with van der Waals surface area (Å²) in [4.78, 5) is 23.5. The summed E-state index contributed by atoms with van der Waals surface area (Å²) in [6.45, 7) is 10.8. The van der Waals surface area contributed by atoms with E-state index in [2.05, 4.69) is 0 Å². The molecule has 1 atom stereocenters. The molecular formula is C13H24O4. The van der Waals surface area contributed by atoms with Gasteiger partial charge < -0.3 is 9.47 Å². The molecule has 1 unspecified atom stereocenters. The van der Waals surface area contributed by atoms with Crippen molar-refractivity contribution in [3.63, 3.8) is 0 Å². The Hall–Kier alpha value is -1.06. The molecule has 100 valence electrons. The molecule has 0 rings (SSSR count). The fraction of sp³-hybridized carbons (Fsp3) is 0.846. The van der Waals surface area contributed by atoms with E-state index in [1.54, 1.807) is 34.6 Å². The zero-order chi connectivity index (χ0) is 13.6. The van der Waals surface area contributed by atoms with Crippen molar-refractivity contribution in [1.29, 1.82) is 0 Å². The average molecular weight is 244 g/mol. The molecule has 0 amide bonds. The van der Waals surface area contributed by atoms with Crippen LogP contribution in [0.3, 0.4) is 0 Å². The van der Waals surface area contributed by atoms with E-state index in [1.165, 1.54) is 0 Å². The minimum Gasteiger partial charge on any atom is -0.463 e. The number of hydrogen-bond donors (Lipinski definition) is 0. The Kier molecular flexibility index (Phi) is 6.21. The van der Waals surface area contributed by atoms with Gasteiger partial charge in [-0.3, -0.25) is 9.59 Å². The molecule has 0 saturated heterocycles. The van der Waals surface area contributed by atoms with Gasteiger partial charge in [0, 0.05) is 0 Å². The Labute approximate surface area is 104 Å². The molecule has 0 N–H and O–H groups in total. The number of rotatable bonds is 6. The molecule has 0 aromatic carbocycles. The van der Waals surface area contributed by atoms with Crippen LogP contribution in [0.2, 0.25) is 0 Å². The molecule has 0 aromatic heterocycles. The molecular weight excluding hydrogens is 220 g/mol. The van der Waals surface area contributed by atoms with Crippen LogP contribution in [0.25, 0.3) is 0 Å². The lowest BCUT2D eigenvalue weighted by atomic mass is 9.84. The molecule has 0 spiro atoms. The number of ether oxygens (including phenoxy) is 2. The van der Waals surface area contributed by atoms with Gasteiger partial charge in [0.15, 0.2) is 0 Å². The van der Waals surface area contributed by atoms with Crippen LogP contribution in [-0.2, 0) is 19.1 Å². The lowest BCUT2D eigenvalue weighted by Crippen LogP contribution is -2.34. The number of hydrogen-bond acceptors (Lipinski definition) is 4. The third-order valence-corrected chi connectivity index (χ3v) is 2.52. The van der Waals surface area contributed by atoms with Crippen LogP contribution in [0.1, 0.15) is 54.4 Å². The van der Waals surface area contributed by atoms with Crippen molar-refractivity contribution >= 4 is 11.9 Å². The average Bonchev–Trinajstić information content (AvgIpc) is 2.14. The van der Waals surface area contributed by atoms with E-state index in [9.17, 15) is 9.59 Å². The largest absolute Gasteiger partial charge is 0.463 e. The summed E-state index contributed by atoms with van der Waals surface area (Å²) < 4.78 is 10.2. The maximum atomic E-state index is 11.9. The van der Waals surface area contributed by atoms with Gasteiger partial charge in [-0.15, -0.1) is 0 Å². The van der Waals surface area contributed by atoms with Gasteiger partial charge in [0.05, 0.1) is 24.0 Å². The van der Waals surface area contributed by atoms with Gasteiger partial charge in [-0.05, 0) is 41.0 Å². The highest BCUT2D eigenvalue weighted by Gasteiger charge is 2.36. The van der Waals surface area contributed by atoms with Gasteiger partial charge in [0.25, 0.3) is 0 Å². The van der Waals surface area contributed by atoms with Crippen molar-refractivity contribution in [2.24, 2.45) is 5.41 Å². The number of carbonyl (C=O) groups is 2. The van der Waals surface area contributed by atoms with Crippen molar-refractivity contribution in [2.45, 2.75) is 66.6 Å². The summed E-state index contributed by atoms with van der Waals surface area (Å²) in [5.41, 5.74) is -0.795. The summed E-state index contributed by atoms with van der Waals surface area (Å²) in [5.74, 6) is -0.694. The molecule has 0 heterocycles. The van der Waals surface area contributed by atoms with E-state index in [-0.39, 0.29) is 30.6 Å². The maximum Gasteiger partial charge on any atom is 0.312 e. The Morgan fingerprint density at radius 1 is 1.06 bits per heavy atom. The minimum atomic E-state index is -0.795. The fourth-order valence-corrected chi connectivity index (χ4v) is 1.32. The minimum absolute atomic E-state index is 0.0627. The van der Waals surface area contributed by atoms with Gasteiger partial charge in [0.1, 0.15) is 0 Å². The topological polar surface area (TPSA) is 52.6 Å². The van der Waals surface area contributed by atoms with Crippen LogP contribution in [-0.4, -0.2) is 24.1 Å². The third kappa shape index (κ3) is 5.71. The smallest absolute Gasteiger partial charge is 0.312 e. The van der Waals surface area contributed by atoms with E-state index < -0.39 is 5.41 Å². The third-order valence-electron chi connectivity index (χ3n) is 2.52. The van der Waals surface area contributed by atoms with Crippen LogP contribution < -0.4 is 0 Å². The molecule has 4 heteroatoms. The SMILES string of the molecule is CCC(C)(CC(=O)OC(C)C)C(=O)OC(C)C. The van der Waals surface area contributed by atoms with Crippen LogP contribution in [0.15, 0.2) is 0 Å². The summed E-state index contributed by atoms with van der Waals surface area (Å²) >= 11 is 0. The van der Waals surface area contributed by atoms with E-state index in [0.29, 0.717) is 6.42 Å². The van der Waals surface area contributed by atoms with Crippen molar-refractivity contribution in [3.8, 4) is 0 Å². The second-order valence-electron chi connectivity index (χ2n) is 5.08. The Morgan fingerprint density at radius 3 is 1.88 bits per heavy atom. The van der Waals surface area contributed by atoms with Crippen LogP contribution in [0, 0.1) is 5.41 Å². The van der Waals surface area contributed by atoms with Crippen molar-refractivity contribution in [1.82, 2.24) is 0 Å². The molecule has 0 aliphatic rings. The predicted molar refractivity (Wildman–Crippen MR) is 65.5 cm³/mol. The first-order valence-corrected chi connectivity index (χ1v) is 6.12. The lowest BCUT2D eigenvalue weighted by Gasteiger charge is -2.26. The summed E-state index contributed by atoms with van der Waals surface area (Å²) in [6, 6.07) is 0. The monoisotopic (exact) mass is 244 g/mol. The highest BCUT2D eigenvalue weighted by Crippen LogP contribution is 2.28. The highest BCUT2D eigenvalue weighted by atomic mass is 16.6. The van der Waals surface area contributed by atoms with E-state index in [4.69, 9.17) is 9.47 Å². The molecule has 0 bridgehead atoms. The second-order valence-corrected chi connectivity index (χ2v) is 5.08. The van der Waals surface area contributed by atoms with Crippen molar-refractivity contribution < 1.29 is 19.1 Å². The second kappa shape index (κ2) is 6.62. The van der Waals surface area contributed by atoms with Crippen molar-refractivity contribution in [2.75, 3.05) is 0 Å². The normalized spacial score (nSPS) is 14.6. The standard InChI is InChI=1S/C13H24O4/c1-7-13(6,12(15)17-10(4)5)8-11(14)16-9(2)3/h9-10H,7-8H2,1-6H3. The first-order chi connectivity index (χ1) is 7.71. The van der Waals surface area contributed by atoms with Gasteiger partial charge in [-0.1, -0.05) is 6.92 Å². The zero-order valence-corrected chi connectivity index (χ0v) is 11.7. The number of esters is 2. The van der Waals surface area contributed by atoms with E-state index in [1.807, 2.05) is 6.92 Å². The highest BCUT2D eigenvalue weighted by molar-refractivity contribution is 5.83. The lowest BCUT2D eigenvalue weighted by molar-refractivity contribution is -0.166. The van der Waals surface area contributed by atoms with Gasteiger partial charge >= 0.3 is 11.9 Å². The molecule has 0 saturated carbocycles. The van der Waals surface area contributed by atoms with Crippen LogP contribution in [0.4, 0.5) is 0 Å². The molecule has 0 aliphatic carbocycles. The molecule has 4 nitrogen and oxygen atoms in total. The summed E-state index contributed by atoms with van der Waals surface area (Å²) in [6.07, 6.45) is 0.276. The van der Waals surface area contributed by atoms with Crippen LogP contribution in [0.5, 0.6) is 0 Å². The zero-order valence-electron chi connectivity index (χ0n) is 11.7. The van der Waals surface area contributed by atoms with Crippen molar-refractivity contribution in [3.05, 3.63) is 0 Å². The van der Waals surface area contributed by atoms with E-state index >= 15 is 0 Å². The Balaban J connectivity index is 4.56. The van der Waals surface area contributed by atoms with Gasteiger partial charge in [-0.2, -0.15) is 0 Å². The summed E-state index contributed by atoms with van der Waals surface area (Å²) in [7, 11) is 0. The molecule has 17 heavy (non-hydrogen) atoms. The molecule has 0 aliphatic heterocycles.